The quantitative estimate of drug-likeness (QED) is 0.905. The normalized spacial score (nSPS) is 23.6. The number of rotatable bonds is 3. The topological polar surface area (TPSA) is 34.1 Å². The van der Waals surface area contributed by atoms with Crippen LogP contribution in [0.15, 0.2) is 18.2 Å². The summed E-state index contributed by atoms with van der Waals surface area (Å²) in [5, 5.41) is 4.51. The van der Waals surface area contributed by atoms with Crippen molar-refractivity contribution in [3.05, 3.63) is 23.8 Å². The number of hydrogen-bond acceptors (Lipinski definition) is 4. The van der Waals surface area contributed by atoms with E-state index in [2.05, 4.69) is 35.4 Å². The lowest BCUT2D eigenvalue weighted by atomic mass is 9.89. The summed E-state index contributed by atoms with van der Waals surface area (Å²) in [5.74, 6) is 0. The van der Waals surface area contributed by atoms with Gasteiger partial charge < -0.3 is 10.1 Å². The zero-order valence-electron chi connectivity index (χ0n) is 10.1. The van der Waals surface area contributed by atoms with Crippen LogP contribution in [0.4, 0.5) is 5.13 Å². The van der Waals surface area contributed by atoms with Crippen molar-refractivity contribution in [2.45, 2.75) is 31.9 Å². The van der Waals surface area contributed by atoms with Gasteiger partial charge in [-0.1, -0.05) is 17.4 Å². The van der Waals surface area contributed by atoms with Gasteiger partial charge in [-0.3, -0.25) is 0 Å². The Kier molecular flexibility index (Phi) is 2.76. The van der Waals surface area contributed by atoms with Crippen molar-refractivity contribution >= 4 is 26.7 Å². The molecular weight excluding hydrogens is 232 g/mol. The van der Waals surface area contributed by atoms with Gasteiger partial charge in [0.1, 0.15) is 0 Å². The fourth-order valence-corrected chi connectivity index (χ4v) is 3.07. The first-order valence-corrected chi connectivity index (χ1v) is 6.73. The van der Waals surface area contributed by atoms with E-state index in [-0.39, 0.29) is 0 Å². The molecule has 17 heavy (non-hydrogen) atoms. The number of thiazole rings is 1. The van der Waals surface area contributed by atoms with Crippen LogP contribution in [0.1, 0.15) is 18.4 Å². The van der Waals surface area contributed by atoms with Gasteiger partial charge in [0.05, 0.1) is 16.3 Å². The minimum atomic E-state index is 0.434. The maximum atomic E-state index is 5.27. The Morgan fingerprint density at radius 1 is 1.41 bits per heavy atom. The fraction of sp³-hybridized carbons (Fsp3) is 0.462. The van der Waals surface area contributed by atoms with Crippen molar-refractivity contribution in [2.24, 2.45) is 0 Å². The molecule has 1 aromatic heterocycles. The number of ether oxygens (including phenoxy) is 1. The maximum absolute atomic E-state index is 5.27. The molecule has 4 heteroatoms. The Labute approximate surface area is 105 Å². The van der Waals surface area contributed by atoms with Crippen LogP contribution in [0.5, 0.6) is 0 Å². The molecule has 1 aliphatic rings. The molecule has 0 amide bonds. The molecule has 1 heterocycles. The van der Waals surface area contributed by atoms with Gasteiger partial charge in [0.2, 0.25) is 0 Å². The summed E-state index contributed by atoms with van der Waals surface area (Å²) >= 11 is 1.73. The Morgan fingerprint density at radius 2 is 2.24 bits per heavy atom. The number of anilines is 1. The van der Waals surface area contributed by atoms with E-state index in [4.69, 9.17) is 4.74 Å². The van der Waals surface area contributed by atoms with E-state index in [1.54, 1.807) is 18.4 Å². The number of aryl methyl sites for hydroxylation is 1. The average Bonchev–Trinajstić information content (AvgIpc) is 2.64. The summed E-state index contributed by atoms with van der Waals surface area (Å²) in [5.41, 5.74) is 2.36. The van der Waals surface area contributed by atoms with Gasteiger partial charge in [0.15, 0.2) is 5.13 Å². The van der Waals surface area contributed by atoms with Crippen molar-refractivity contribution in [3.8, 4) is 0 Å². The third-order valence-corrected chi connectivity index (χ3v) is 4.27. The van der Waals surface area contributed by atoms with Gasteiger partial charge in [-0.15, -0.1) is 0 Å². The number of methoxy groups -OCH3 is 1. The molecule has 0 bridgehead atoms. The third-order valence-electron chi connectivity index (χ3n) is 3.30. The molecule has 1 saturated carbocycles. The Hall–Kier alpha value is -1.13. The van der Waals surface area contributed by atoms with Crippen LogP contribution in [-0.4, -0.2) is 24.2 Å². The van der Waals surface area contributed by atoms with Gasteiger partial charge in [-0.05, 0) is 37.5 Å². The van der Waals surface area contributed by atoms with E-state index >= 15 is 0 Å². The molecule has 0 aliphatic heterocycles. The van der Waals surface area contributed by atoms with Crippen molar-refractivity contribution in [2.75, 3.05) is 12.4 Å². The molecule has 2 aromatic rings. The molecule has 1 fully saturated rings. The van der Waals surface area contributed by atoms with E-state index in [1.165, 1.54) is 10.3 Å². The number of nitrogens with one attached hydrogen (secondary N) is 1. The van der Waals surface area contributed by atoms with Crippen LogP contribution in [0.2, 0.25) is 0 Å². The molecule has 0 saturated heterocycles. The number of fused-ring (bicyclic) bond motifs is 1. The third kappa shape index (κ3) is 2.15. The molecule has 3 rings (SSSR count). The Balaban J connectivity index is 1.73. The summed E-state index contributed by atoms with van der Waals surface area (Å²) in [6.45, 7) is 2.10. The summed E-state index contributed by atoms with van der Waals surface area (Å²) in [6.07, 6.45) is 2.61. The SMILES string of the molecule is COC1CC(Nc2nc3cc(C)ccc3s2)C1. The summed E-state index contributed by atoms with van der Waals surface area (Å²) in [7, 11) is 1.78. The number of nitrogens with zero attached hydrogens (tertiary/aromatic N) is 1. The lowest BCUT2D eigenvalue weighted by molar-refractivity contribution is 0.0329. The highest BCUT2D eigenvalue weighted by Gasteiger charge is 2.29. The van der Waals surface area contributed by atoms with E-state index in [1.807, 2.05) is 0 Å². The summed E-state index contributed by atoms with van der Waals surface area (Å²) in [6, 6.07) is 6.94. The van der Waals surface area contributed by atoms with E-state index in [9.17, 15) is 0 Å². The van der Waals surface area contributed by atoms with Crippen molar-refractivity contribution in [1.82, 2.24) is 4.98 Å². The number of benzene rings is 1. The highest BCUT2D eigenvalue weighted by Crippen LogP contribution is 2.31. The molecular formula is C13H16N2OS. The lowest BCUT2D eigenvalue weighted by Crippen LogP contribution is -2.40. The second kappa shape index (κ2) is 4.27. The standard InChI is InChI=1S/C13H16N2OS/c1-8-3-4-12-11(5-8)15-13(17-12)14-9-6-10(7-9)16-2/h3-5,9-10H,6-7H2,1-2H3,(H,14,15). The minimum Gasteiger partial charge on any atom is -0.381 e. The van der Waals surface area contributed by atoms with Crippen molar-refractivity contribution in [3.63, 3.8) is 0 Å². The molecule has 1 aromatic carbocycles. The van der Waals surface area contributed by atoms with Crippen LogP contribution < -0.4 is 5.32 Å². The van der Waals surface area contributed by atoms with Crippen LogP contribution >= 0.6 is 11.3 Å². The first-order chi connectivity index (χ1) is 8.24. The first kappa shape index (κ1) is 11.0. The van der Waals surface area contributed by atoms with Gasteiger partial charge >= 0.3 is 0 Å². The monoisotopic (exact) mass is 248 g/mol. The van der Waals surface area contributed by atoms with Gasteiger partial charge in [0, 0.05) is 13.2 Å². The van der Waals surface area contributed by atoms with Crippen LogP contribution in [-0.2, 0) is 4.74 Å². The molecule has 1 aliphatic carbocycles. The maximum Gasteiger partial charge on any atom is 0.184 e. The lowest BCUT2D eigenvalue weighted by Gasteiger charge is -2.34. The highest BCUT2D eigenvalue weighted by molar-refractivity contribution is 7.22. The molecule has 3 nitrogen and oxygen atoms in total. The zero-order valence-corrected chi connectivity index (χ0v) is 10.9. The number of aromatic nitrogens is 1. The molecule has 0 radical (unpaired) electrons. The van der Waals surface area contributed by atoms with Gasteiger partial charge in [-0.25, -0.2) is 4.98 Å². The average molecular weight is 248 g/mol. The van der Waals surface area contributed by atoms with Gasteiger partial charge in [-0.2, -0.15) is 0 Å². The second-order valence-corrected chi connectivity index (χ2v) is 5.69. The fourth-order valence-electron chi connectivity index (χ4n) is 2.15. The summed E-state index contributed by atoms with van der Waals surface area (Å²) in [4.78, 5) is 4.61. The molecule has 0 spiro atoms. The van der Waals surface area contributed by atoms with E-state index < -0.39 is 0 Å². The Morgan fingerprint density at radius 3 is 3.00 bits per heavy atom. The first-order valence-electron chi connectivity index (χ1n) is 5.91. The highest BCUT2D eigenvalue weighted by atomic mass is 32.1. The largest absolute Gasteiger partial charge is 0.381 e. The van der Waals surface area contributed by atoms with Gasteiger partial charge in [0.25, 0.3) is 0 Å². The van der Waals surface area contributed by atoms with E-state index in [0.29, 0.717) is 12.1 Å². The van der Waals surface area contributed by atoms with Crippen LogP contribution in [0.3, 0.4) is 0 Å². The molecule has 0 unspecified atom stereocenters. The second-order valence-electron chi connectivity index (χ2n) is 4.66. The number of hydrogen-bond donors (Lipinski definition) is 1. The predicted molar refractivity (Wildman–Crippen MR) is 71.8 cm³/mol. The van der Waals surface area contributed by atoms with Crippen molar-refractivity contribution in [1.29, 1.82) is 0 Å². The predicted octanol–water partition coefficient (Wildman–Crippen LogP) is 3.19. The Bertz CT molecular complexity index is 531. The van der Waals surface area contributed by atoms with Crippen LogP contribution in [0, 0.1) is 6.92 Å². The molecule has 0 atom stereocenters. The van der Waals surface area contributed by atoms with E-state index in [0.717, 1.165) is 23.5 Å². The zero-order chi connectivity index (χ0) is 11.8. The van der Waals surface area contributed by atoms with Crippen LogP contribution in [0.25, 0.3) is 10.2 Å². The van der Waals surface area contributed by atoms with Crippen molar-refractivity contribution < 1.29 is 4.74 Å². The molecule has 90 valence electrons. The minimum absolute atomic E-state index is 0.434. The smallest absolute Gasteiger partial charge is 0.184 e. The summed E-state index contributed by atoms with van der Waals surface area (Å²) < 4.78 is 6.52. The molecule has 1 N–H and O–H groups in total.